The third-order valence-corrected chi connectivity index (χ3v) is 2.48. The number of aryl methyl sites for hydroxylation is 1. The van der Waals surface area contributed by atoms with Gasteiger partial charge in [-0.2, -0.15) is 0 Å². The van der Waals surface area contributed by atoms with Crippen LogP contribution in [0.25, 0.3) is 0 Å². The van der Waals surface area contributed by atoms with Crippen LogP contribution in [-0.2, 0) is 6.42 Å². The van der Waals surface area contributed by atoms with E-state index in [2.05, 4.69) is 47.4 Å². The average molecular weight is 234 g/mol. The quantitative estimate of drug-likeness (QED) is 0.600. The second kappa shape index (κ2) is 7.65. The molecule has 4 nitrogen and oxygen atoms in total. The maximum absolute atomic E-state index is 4.51. The molecule has 0 fully saturated rings. The van der Waals surface area contributed by atoms with Gasteiger partial charge in [0.05, 0.1) is 0 Å². The molecule has 0 bridgehead atoms. The molecule has 0 aliphatic rings. The fraction of sp³-hybridized carbons (Fsp3) is 0.538. The van der Waals surface area contributed by atoms with Crippen LogP contribution >= 0.6 is 0 Å². The highest BCUT2D eigenvalue weighted by Gasteiger charge is 1.98. The van der Waals surface area contributed by atoms with E-state index in [1.165, 1.54) is 11.1 Å². The van der Waals surface area contributed by atoms with Gasteiger partial charge in [-0.05, 0) is 44.4 Å². The summed E-state index contributed by atoms with van der Waals surface area (Å²) in [6, 6.07) is 2.06. The van der Waals surface area contributed by atoms with Crippen LogP contribution in [0.3, 0.4) is 0 Å². The maximum Gasteiger partial charge on any atom is 0.191 e. The molecule has 0 radical (unpaired) electrons. The minimum absolute atomic E-state index is 0.792. The summed E-state index contributed by atoms with van der Waals surface area (Å²) in [6.45, 7) is 8.79. The monoisotopic (exact) mass is 234 g/mol. The third kappa shape index (κ3) is 4.85. The number of nitrogens with zero attached hydrogens (tertiary/aromatic N) is 2. The van der Waals surface area contributed by atoms with Crippen molar-refractivity contribution < 1.29 is 0 Å². The predicted octanol–water partition coefficient (Wildman–Crippen LogP) is 1.51. The molecule has 1 heterocycles. The Labute approximate surface area is 104 Å². The first-order valence-electron chi connectivity index (χ1n) is 6.19. The minimum Gasteiger partial charge on any atom is -0.357 e. The molecule has 0 aliphatic carbocycles. The molecule has 1 aromatic rings. The number of rotatable bonds is 5. The van der Waals surface area contributed by atoms with Crippen molar-refractivity contribution in [1.29, 1.82) is 0 Å². The van der Waals surface area contributed by atoms with Gasteiger partial charge in [0.15, 0.2) is 5.96 Å². The van der Waals surface area contributed by atoms with Crippen molar-refractivity contribution in [3.8, 4) is 0 Å². The molecule has 2 N–H and O–H groups in total. The van der Waals surface area contributed by atoms with E-state index in [-0.39, 0.29) is 0 Å². The lowest BCUT2D eigenvalue weighted by molar-refractivity contribution is 0.831. The van der Waals surface area contributed by atoms with E-state index in [0.29, 0.717) is 0 Å². The predicted molar refractivity (Wildman–Crippen MR) is 72.3 cm³/mol. The molecule has 4 heteroatoms. The van der Waals surface area contributed by atoms with Crippen LogP contribution in [0.15, 0.2) is 23.5 Å². The third-order valence-electron chi connectivity index (χ3n) is 2.48. The zero-order valence-corrected chi connectivity index (χ0v) is 11.0. The average Bonchev–Trinajstić information content (AvgIpc) is 2.32. The highest BCUT2D eigenvalue weighted by molar-refractivity contribution is 5.79. The van der Waals surface area contributed by atoms with Crippen molar-refractivity contribution in [2.45, 2.75) is 27.2 Å². The van der Waals surface area contributed by atoms with Crippen molar-refractivity contribution in [2.24, 2.45) is 4.99 Å². The Morgan fingerprint density at radius 3 is 2.59 bits per heavy atom. The Morgan fingerprint density at radius 2 is 2.00 bits per heavy atom. The van der Waals surface area contributed by atoms with Crippen LogP contribution < -0.4 is 10.6 Å². The van der Waals surface area contributed by atoms with Crippen molar-refractivity contribution in [3.63, 3.8) is 0 Å². The van der Waals surface area contributed by atoms with Gasteiger partial charge in [0.2, 0.25) is 0 Å². The van der Waals surface area contributed by atoms with Gasteiger partial charge >= 0.3 is 0 Å². The lowest BCUT2D eigenvalue weighted by atomic mass is 10.1. The van der Waals surface area contributed by atoms with Gasteiger partial charge in [-0.1, -0.05) is 0 Å². The Kier molecular flexibility index (Phi) is 6.07. The van der Waals surface area contributed by atoms with Crippen molar-refractivity contribution in [3.05, 3.63) is 29.6 Å². The molecule has 0 saturated carbocycles. The zero-order chi connectivity index (χ0) is 12.5. The van der Waals surface area contributed by atoms with E-state index in [1.807, 2.05) is 12.4 Å². The maximum atomic E-state index is 4.51. The fourth-order valence-electron chi connectivity index (χ4n) is 1.58. The second-order valence-electron chi connectivity index (χ2n) is 3.84. The first-order valence-corrected chi connectivity index (χ1v) is 6.19. The SMILES string of the molecule is CCNC(=NCCc1ccncc1C)NCC. The van der Waals surface area contributed by atoms with Crippen LogP contribution in [0.2, 0.25) is 0 Å². The summed E-state index contributed by atoms with van der Waals surface area (Å²) in [6.07, 6.45) is 4.69. The number of aliphatic imine (C=N–C) groups is 1. The summed E-state index contributed by atoms with van der Waals surface area (Å²) in [5.41, 5.74) is 2.55. The molecule has 1 rings (SSSR count). The van der Waals surface area contributed by atoms with Crippen molar-refractivity contribution >= 4 is 5.96 Å². The van der Waals surface area contributed by atoms with E-state index >= 15 is 0 Å². The van der Waals surface area contributed by atoms with Crippen LogP contribution in [0.4, 0.5) is 0 Å². The summed E-state index contributed by atoms with van der Waals surface area (Å²) in [5, 5.41) is 6.42. The van der Waals surface area contributed by atoms with E-state index < -0.39 is 0 Å². The second-order valence-corrected chi connectivity index (χ2v) is 3.84. The summed E-state index contributed by atoms with van der Waals surface area (Å²) in [5.74, 6) is 0.890. The molecule has 0 aromatic carbocycles. The van der Waals surface area contributed by atoms with Crippen LogP contribution in [0.1, 0.15) is 25.0 Å². The fourth-order valence-corrected chi connectivity index (χ4v) is 1.58. The highest BCUT2D eigenvalue weighted by Crippen LogP contribution is 2.05. The molecule has 1 aromatic heterocycles. The van der Waals surface area contributed by atoms with E-state index in [1.54, 1.807) is 0 Å². The molecule has 0 spiro atoms. The van der Waals surface area contributed by atoms with Crippen LogP contribution in [0, 0.1) is 6.92 Å². The smallest absolute Gasteiger partial charge is 0.191 e. The molecule has 0 atom stereocenters. The molecule has 17 heavy (non-hydrogen) atoms. The van der Waals surface area contributed by atoms with Gasteiger partial charge in [-0.15, -0.1) is 0 Å². The number of hydrogen-bond donors (Lipinski definition) is 2. The van der Waals surface area contributed by atoms with Gasteiger partial charge in [0, 0.05) is 32.0 Å². The Balaban J connectivity index is 2.49. The van der Waals surface area contributed by atoms with Gasteiger partial charge in [-0.3, -0.25) is 9.98 Å². The van der Waals surface area contributed by atoms with Crippen LogP contribution in [0.5, 0.6) is 0 Å². The Morgan fingerprint density at radius 1 is 1.29 bits per heavy atom. The molecule has 0 amide bonds. The van der Waals surface area contributed by atoms with Gasteiger partial charge in [0.25, 0.3) is 0 Å². The van der Waals surface area contributed by atoms with E-state index in [4.69, 9.17) is 0 Å². The topological polar surface area (TPSA) is 49.3 Å². The van der Waals surface area contributed by atoms with Crippen LogP contribution in [-0.4, -0.2) is 30.6 Å². The molecular weight excluding hydrogens is 212 g/mol. The largest absolute Gasteiger partial charge is 0.357 e. The normalized spacial score (nSPS) is 9.82. The van der Waals surface area contributed by atoms with Gasteiger partial charge < -0.3 is 10.6 Å². The lowest BCUT2D eigenvalue weighted by Crippen LogP contribution is -2.37. The molecule has 0 unspecified atom stereocenters. The first-order chi connectivity index (χ1) is 8.27. The van der Waals surface area contributed by atoms with Crippen molar-refractivity contribution in [2.75, 3.05) is 19.6 Å². The summed E-state index contributed by atoms with van der Waals surface area (Å²) in [7, 11) is 0. The number of hydrogen-bond acceptors (Lipinski definition) is 2. The summed E-state index contributed by atoms with van der Waals surface area (Å²) < 4.78 is 0. The molecule has 0 saturated heterocycles. The Hall–Kier alpha value is -1.58. The molecule has 94 valence electrons. The van der Waals surface area contributed by atoms with E-state index in [0.717, 1.165) is 32.0 Å². The minimum atomic E-state index is 0.792. The van der Waals surface area contributed by atoms with Crippen molar-refractivity contribution in [1.82, 2.24) is 15.6 Å². The first kappa shape index (κ1) is 13.5. The zero-order valence-electron chi connectivity index (χ0n) is 11.0. The summed E-state index contributed by atoms with van der Waals surface area (Å²) >= 11 is 0. The van der Waals surface area contributed by atoms with Gasteiger partial charge in [0.1, 0.15) is 0 Å². The standard InChI is InChI=1S/C13H22N4/c1-4-15-13(16-5-2)17-9-7-12-6-8-14-10-11(12)3/h6,8,10H,4-5,7,9H2,1-3H3,(H2,15,16,17). The lowest BCUT2D eigenvalue weighted by Gasteiger charge is -2.09. The number of guanidine groups is 1. The summed E-state index contributed by atoms with van der Waals surface area (Å²) in [4.78, 5) is 8.60. The van der Waals surface area contributed by atoms with Gasteiger partial charge in [-0.25, -0.2) is 0 Å². The molecular formula is C13H22N4. The molecule has 0 aliphatic heterocycles. The number of pyridine rings is 1. The number of aromatic nitrogens is 1. The highest BCUT2D eigenvalue weighted by atomic mass is 15.2. The van der Waals surface area contributed by atoms with E-state index in [9.17, 15) is 0 Å². The number of nitrogens with one attached hydrogen (secondary N) is 2. The Bertz CT molecular complexity index is 352.